The second-order valence-electron chi connectivity index (χ2n) is 8.04. The number of pyridine rings is 1. The van der Waals surface area contributed by atoms with Crippen molar-refractivity contribution in [3.8, 4) is 0 Å². The van der Waals surface area contributed by atoms with Crippen LogP contribution in [-0.4, -0.2) is 38.1 Å². The molecule has 1 aromatic carbocycles. The van der Waals surface area contributed by atoms with Crippen molar-refractivity contribution in [1.82, 2.24) is 19.4 Å². The molecule has 0 N–H and O–H groups in total. The van der Waals surface area contributed by atoms with Gasteiger partial charge < -0.3 is 4.90 Å². The summed E-state index contributed by atoms with van der Waals surface area (Å²) < 4.78 is 1.64. The van der Waals surface area contributed by atoms with Gasteiger partial charge in [0.25, 0.3) is 5.56 Å². The van der Waals surface area contributed by atoms with Gasteiger partial charge in [0.2, 0.25) is 5.91 Å². The number of thiophene rings is 1. The van der Waals surface area contributed by atoms with Crippen molar-refractivity contribution in [2.45, 2.75) is 39.0 Å². The number of carbonyl (C=O) groups excluding carboxylic acids is 1. The maximum atomic E-state index is 13.4. The Bertz CT molecular complexity index is 1360. The summed E-state index contributed by atoms with van der Waals surface area (Å²) in [6.45, 7) is 6.86. The number of hydrogen-bond acceptors (Lipinski definition) is 6. The second kappa shape index (κ2) is 9.89. The van der Waals surface area contributed by atoms with Crippen LogP contribution in [0.2, 0.25) is 0 Å². The van der Waals surface area contributed by atoms with Gasteiger partial charge in [-0.2, -0.15) is 0 Å². The van der Waals surface area contributed by atoms with Crippen LogP contribution < -0.4 is 5.56 Å². The summed E-state index contributed by atoms with van der Waals surface area (Å²) in [5, 5.41) is 1.19. The Morgan fingerprint density at radius 3 is 2.61 bits per heavy atom. The quantitative estimate of drug-likeness (QED) is 0.287. The van der Waals surface area contributed by atoms with Gasteiger partial charge in [-0.3, -0.25) is 19.1 Å². The molecule has 3 aromatic heterocycles. The van der Waals surface area contributed by atoms with Crippen LogP contribution in [0.15, 0.2) is 58.6 Å². The molecule has 0 radical (unpaired) electrons. The smallest absolute Gasteiger partial charge is 0.263 e. The van der Waals surface area contributed by atoms with Crippen LogP contribution in [0.25, 0.3) is 10.2 Å². The minimum atomic E-state index is -0.0873. The fourth-order valence-corrected chi connectivity index (χ4v) is 5.59. The van der Waals surface area contributed by atoms with E-state index in [-0.39, 0.29) is 17.2 Å². The second-order valence-corrected chi connectivity index (χ2v) is 10.2. The first kappa shape index (κ1) is 23.2. The minimum absolute atomic E-state index is 0.0134. The van der Waals surface area contributed by atoms with Gasteiger partial charge in [0, 0.05) is 24.7 Å². The molecule has 0 aliphatic heterocycles. The minimum Gasteiger partial charge on any atom is -0.341 e. The highest BCUT2D eigenvalue weighted by Gasteiger charge is 2.19. The number of fused-ring (bicyclic) bond motifs is 1. The van der Waals surface area contributed by atoms with Gasteiger partial charge in [-0.15, -0.1) is 11.3 Å². The van der Waals surface area contributed by atoms with Crippen LogP contribution >= 0.6 is 23.1 Å². The number of hydrogen-bond donors (Lipinski definition) is 0. The topological polar surface area (TPSA) is 68.1 Å². The number of amides is 1. The van der Waals surface area contributed by atoms with Crippen molar-refractivity contribution in [2.75, 3.05) is 12.8 Å². The molecule has 0 spiro atoms. The molecule has 170 valence electrons. The highest BCUT2D eigenvalue weighted by molar-refractivity contribution is 7.99. The molecular formula is C25H26N4O2S2. The first-order chi connectivity index (χ1) is 15.8. The van der Waals surface area contributed by atoms with Gasteiger partial charge in [-0.25, -0.2) is 4.98 Å². The molecule has 8 heteroatoms. The van der Waals surface area contributed by atoms with Gasteiger partial charge in [0.1, 0.15) is 4.83 Å². The fourth-order valence-electron chi connectivity index (χ4n) is 3.58. The van der Waals surface area contributed by atoms with Gasteiger partial charge in [-0.1, -0.05) is 42.1 Å². The third-order valence-corrected chi connectivity index (χ3v) is 7.78. The van der Waals surface area contributed by atoms with Gasteiger partial charge >= 0.3 is 0 Å². The summed E-state index contributed by atoms with van der Waals surface area (Å²) in [5.74, 6) is 0.187. The predicted octanol–water partition coefficient (Wildman–Crippen LogP) is 4.58. The lowest BCUT2D eigenvalue weighted by Crippen LogP contribution is -2.29. The van der Waals surface area contributed by atoms with Crippen LogP contribution in [0.5, 0.6) is 0 Å². The summed E-state index contributed by atoms with van der Waals surface area (Å²) in [5.41, 5.74) is 3.93. The van der Waals surface area contributed by atoms with Crippen molar-refractivity contribution in [3.05, 3.63) is 86.3 Å². The van der Waals surface area contributed by atoms with Crippen LogP contribution in [0.1, 0.15) is 27.3 Å². The van der Waals surface area contributed by atoms with Crippen LogP contribution in [0.3, 0.4) is 0 Å². The molecule has 0 saturated heterocycles. The number of carbonyl (C=O) groups is 1. The van der Waals surface area contributed by atoms with E-state index in [1.807, 2.05) is 63.2 Å². The van der Waals surface area contributed by atoms with E-state index in [1.165, 1.54) is 23.1 Å². The van der Waals surface area contributed by atoms with Crippen molar-refractivity contribution in [3.63, 3.8) is 0 Å². The zero-order valence-electron chi connectivity index (χ0n) is 19.2. The summed E-state index contributed by atoms with van der Waals surface area (Å²) in [7, 11) is 1.80. The number of rotatable bonds is 7. The molecule has 0 bridgehead atoms. The van der Waals surface area contributed by atoms with E-state index in [0.717, 1.165) is 32.1 Å². The molecular weight excluding hydrogens is 452 g/mol. The number of aryl methyl sites for hydroxylation is 3. The maximum absolute atomic E-state index is 13.4. The summed E-state index contributed by atoms with van der Waals surface area (Å²) in [6.07, 6.45) is 1.71. The molecule has 4 rings (SSSR count). The number of benzene rings is 1. The van der Waals surface area contributed by atoms with E-state index in [2.05, 4.69) is 4.98 Å². The highest BCUT2D eigenvalue weighted by atomic mass is 32.2. The Kier molecular flexibility index (Phi) is 6.95. The lowest BCUT2D eigenvalue weighted by Gasteiger charge is -2.19. The predicted molar refractivity (Wildman–Crippen MR) is 135 cm³/mol. The summed E-state index contributed by atoms with van der Waals surface area (Å²) in [6, 6.07) is 13.7. The average molecular weight is 479 g/mol. The Labute approximate surface area is 201 Å². The van der Waals surface area contributed by atoms with Crippen LogP contribution in [0.4, 0.5) is 0 Å². The van der Waals surface area contributed by atoms with Crippen molar-refractivity contribution >= 4 is 39.2 Å². The SMILES string of the molecule is Cc1ccccc1CN(C)C(=O)CSc1nc2sc(C)c(C)c2c(=O)n1Cc1ccccn1. The molecule has 0 fully saturated rings. The van der Waals surface area contributed by atoms with Crippen LogP contribution in [0, 0.1) is 20.8 Å². The van der Waals surface area contributed by atoms with Gasteiger partial charge in [0.15, 0.2) is 5.16 Å². The zero-order chi connectivity index (χ0) is 23.5. The molecule has 6 nitrogen and oxygen atoms in total. The highest BCUT2D eigenvalue weighted by Crippen LogP contribution is 2.28. The number of aromatic nitrogens is 3. The summed E-state index contributed by atoms with van der Waals surface area (Å²) in [4.78, 5) is 39.0. The van der Waals surface area contributed by atoms with E-state index >= 15 is 0 Å². The third kappa shape index (κ3) is 5.02. The molecule has 0 unspecified atom stereocenters. The monoisotopic (exact) mass is 478 g/mol. The first-order valence-electron chi connectivity index (χ1n) is 10.7. The molecule has 3 heterocycles. The normalized spacial score (nSPS) is 11.2. The Morgan fingerprint density at radius 2 is 1.88 bits per heavy atom. The molecule has 1 amide bonds. The first-order valence-corrected chi connectivity index (χ1v) is 12.5. The molecule has 0 aliphatic rings. The third-order valence-electron chi connectivity index (χ3n) is 5.72. The maximum Gasteiger partial charge on any atom is 0.263 e. The Balaban J connectivity index is 1.61. The van der Waals surface area contributed by atoms with Crippen molar-refractivity contribution in [2.24, 2.45) is 0 Å². The van der Waals surface area contributed by atoms with Crippen molar-refractivity contribution < 1.29 is 4.79 Å². The lowest BCUT2D eigenvalue weighted by atomic mass is 10.1. The molecule has 33 heavy (non-hydrogen) atoms. The van der Waals surface area contributed by atoms with E-state index in [1.54, 1.807) is 22.7 Å². The lowest BCUT2D eigenvalue weighted by molar-refractivity contribution is -0.127. The fraction of sp³-hybridized carbons (Fsp3) is 0.280. The molecule has 0 atom stereocenters. The van der Waals surface area contributed by atoms with Gasteiger partial charge in [-0.05, 0) is 49.6 Å². The number of nitrogens with zero attached hydrogens (tertiary/aromatic N) is 4. The summed E-state index contributed by atoms with van der Waals surface area (Å²) >= 11 is 2.82. The largest absolute Gasteiger partial charge is 0.341 e. The standard InChI is InChI=1S/C25H26N4O2S2/c1-16-9-5-6-10-19(16)13-28(4)21(30)15-32-25-27-23-22(17(2)18(3)33-23)24(31)29(25)14-20-11-7-8-12-26-20/h5-12H,13-15H2,1-4H3. The van der Waals surface area contributed by atoms with E-state index in [4.69, 9.17) is 4.98 Å². The van der Waals surface area contributed by atoms with E-state index < -0.39 is 0 Å². The molecule has 0 saturated carbocycles. The average Bonchev–Trinajstić information content (AvgIpc) is 3.09. The van der Waals surface area contributed by atoms with Gasteiger partial charge in [0.05, 0.1) is 23.4 Å². The molecule has 4 aromatic rings. The van der Waals surface area contributed by atoms with E-state index in [9.17, 15) is 9.59 Å². The Hall–Kier alpha value is -2.97. The number of thioether (sulfide) groups is 1. The van der Waals surface area contributed by atoms with E-state index in [0.29, 0.717) is 23.6 Å². The van der Waals surface area contributed by atoms with Crippen molar-refractivity contribution in [1.29, 1.82) is 0 Å². The molecule has 0 aliphatic carbocycles. The zero-order valence-corrected chi connectivity index (χ0v) is 20.8. The Morgan fingerprint density at radius 1 is 1.12 bits per heavy atom. The van der Waals surface area contributed by atoms with Crippen LogP contribution in [-0.2, 0) is 17.9 Å².